The van der Waals surface area contributed by atoms with Crippen molar-refractivity contribution in [3.05, 3.63) is 41.9 Å². The number of carbonyl (C=O) groups is 1. The predicted octanol–water partition coefficient (Wildman–Crippen LogP) is 2.46. The molecule has 0 aliphatic heterocycles. The van der Waals surface area contributed by atoms with E-state index in [1.165, 1.54) is 13.4 Å². The zero-order chi connectivity index (χ0) is 16.7. The van der Waals surface area contributed by atoms with Crippen LogP contribution in [0.15, 0.2) is 30.7 Å². The number of esters is 1. The molecule has 0 amide bonds. The van der Waals surface area contributed by atoms with Gasteiger partial charge in [-0.3, -0.25) is 0 Å². The lowest BCUT2D eigenvalue weighted by Gasteiger charge is -2.11. The summed E-state index contributed by atoms with van der Waals surface area (Å²) < 4.78 is 6.54. The Bertz CT molecular complexity index is 930. The fourth-order valence-electron chi connectivity index (χ4n) is 2.72. The lowest BCUT2D eigenvalue weighted by atomic mass is 10.0. The molecule has 1 N–H and O–H groups in total. The fourth-order valence-corrected chi connectivity index (χ4v) is 2.72. The summed E-state index contributed by atoms with van der Waals surface area (Å²) in [6.45, 7) is 1.95. The maximum absolute atomic E-state index is 11.7. The summed E-state index contributed by atoms with van der Waals surface area (Å²) >= 11 is 0. The molecule has 0 radical (unpaired) electrons. The summed E-state index contributed by atoms with van der Waals surface area (Å²) in [5.41, 5.74) is 3.95. The number of fused-ring (bicyclic) bond motifs is 1. The van der Waals surface area contributed by atoms with Crippen molar-refractivity contribution in [2.45, 2.75) is 25.8 Å². The molecule has 1 aliphatic rings. The van der Waals surface area contributed by atoms with Crippen LogP contribution < -0.4 is 5.32 Å². The average molecular weight is 323 g/mol. The third-order valence-corrected chi connectivity index (χ3v) is 4.15. The number of rotatable bonds is 4. The highest BCUT2D eigenvalue weighted by atomic mass is 16.5. The van der Waals surface area contributed by atoms with Gasteiger partial charge in [0.05, 0.1) is 24.6 Å². The lowest BCUT2D eigenvalue weighted by molar-refractivity contribution is 0.0600. The number of hydrogen-bond acceptors (Lipinski definition) is 6. The Hall–Kier alpha value is -2.96. The molecule has 4 rings (SSSR count). The molecule has 2 heterocycles. The number of anilines is 1. The summed E-state index contributed by atoms with van der Waals surface area (Å²) in [6.07, 6.45) is 5.64. The molecule has 2 aromatic heterocycles. The molecule has 0 saturated heterocycles. The first-order chi connectivity index (χ1) is 11.7. The molecule has 24 heavy (non-hydrogen) atoms. The van der Waals surface area contributed by atoms with Crippen LogP contribution in [0, 0.1) is 6.92 Å². The van der Waals surface area contributed by atoms with E-state index in [-0.39, 0.29) is 5.97 Å². The molecule has 3 aromatic rings. The van der Waals surface area contributed by atoms with Gasteiger partial charge in [0.15, 0.2) is 11.5 Å². The number of aryl methyl sites for hydroxylation is 1. The van der Waals surface area contributed by atoms with Crippen molar-refractivity contribution in [3.63, 3.8) is 0 Å². The molecule has 7 nitrogen and oxygen atoms in total. The number of aromatic nitrogens is 4. The van der Waals surface area contributed by atoms with Crippen molar-refractivity contribution in [1.82, 2.24) is 19.6 Å². The van der Waals surface area contributed by atoms with Gasteiger partial charge >= 0.3 is 5.97 Å². The minimum absolute atomic E-state index is 0.349. The Balaban J connectivity index is 1.79. The van der Waals surface area contributed by atoms with E-state index in [0.29, 0.717) is 17.3 Å². The average Bonchev–Trinajstić information content (AvgIpc) is 3.27. The zero-order valence-corrected chi connectivity index (χ0v) is 13.5. The molecule has 0 unspecified atom stereocenters. The summed E-state index contributed by atoms with van der Waals surface area (Å²) in [5.74, 6) is 0.403. The van der Waals surface area contributed by atoms with Crippen LogP contribution in [0.4, 0.5) is 5.82 Å². The largest absolute Gasteiger partial charge is 0.465 e. The van der Waals surface area contributed by atoms with Crippen molar-refractivity contribution in [3.8, 4) is 11.3 Å². The Morgan fingerprint density at radius 1 is 1.33 bits per heavy atom. The maximum atomic E-state index is 11.7. The molecular formula is C17H17N5O2. The number of benzene rings is 1. The van der Waals surface area contributed by atoms with Crippen molar-refractivity contribution < 1.29 is 9.53 Å². The summed E-state index contributed by atoms with van der Waals surface area (Å²) in [4.78, 5) is 20.5. The van der Waals surface area contributed by atoms with Crippen molar-refractivity contribution in [2.75, 3.05) is 12.4 Å². The van der Waals surface area contributed by atoms with Gasteiger partial charge in [0.1, 0.15) is 6.33 Å². The van der Waals surface area contributed by atoms with E-state index in [2.05, 4.69) is 20.4 Å². The van der Waals surface area contributed by atoms with Gasteiger partial charge in [0.25, 0.3) is 0 Å². The van der Waals surface area contributed by atoms with Gasteiger partial charge in [-0.1, -0.05) is 6.07 Å². The first-order valence-electron chi connectivity index (χ1n) is 7.82. The highest BCUT2D eigenvalue weighted by Crippen LogP contribution is 2.29. The van der Waals surface area contributed by atoms with Crippen molar-refractivity contribution in [2.24, 2.45) is 0 Å². The topological polar surface area (TPSA) is 81.4 Å². The predicted molar refractivity (Wildman–Crippen MR) is 88.9 cm³/mol. The van der Waals surface area contributed by atoms with Crippen LogP contribution in [0.1, 0.15) is 28.8 Å². The molecule has 1 aromatic carbocycles. The minimum Gasteiger partial charge on any atom is -0.465 e. The van der Waals surface area contributed by atoms with E-state index in [9.17, 15) is 4.79 Å². The second-order valence-corrected chi connectivity index (χ2v) is 5.93. The van der Waals surface area contributed by atoms with Crippen LogP contribution in [0.2, 0.25) is 0 Å². The highest BCUT2D eigenvalue weighted by molar-refractivity contribution is 5.90. The normalized spacial score (nSPS) is 13.9. The number of nitrogens with one attached hydrogen (secondary N) is 1. The van der Waals surface area contributed by atoms with Crippen LogP contribution in [-0.2, 0) is 4.74 Å². The lowest BCUT2D eigenvalue weighted by Crippen LogP contribution is -2.08. The molecule has 0 spiro atoms. The van der Waals surface area contributed by atoms with E-state index in [1.807, 2.05) is 13.0 Å². The molecule has 0 bridgehead atoms. The second-order valence-electron chi connectivity index (χ2n) is 5.93. The molecule has 7 heteroatoms. The quantitative estimate of drug-likeness (QED) is 0.743. The highest BCUT2D eigenvalue weighted by Gasteiger charge is 2.23. The molecule has 122 valence electrons. The minimum atomic E-state index is -0.349. The zero-order valence-electron chi connectivity index (χ0n) is 13.5. The van der Waals surface area contributed by atoms with E-state index in [4.69, 9.17) is 4.74 Å². The summed E-state index contributed by atoms with van der Waals surface area (Å²) in [6, 6.07) is 5.92. The standard InChI is InChI=1S/C17H17N5O2/c1-10-7-11(17(23)24-2)3-6-13(10)14-8-18-15(21-12-4-5-12)16-19-9-20-22(14)16/h3,6-9,12H,4-5H2,1-2H3,(H,18,21). The molecule has 0 atom stereocenters. The number of nitrogens with zero attached hydrogens (tertiary/aromatic N) is 4. The Kier molecular flexibility index (Phi) is 3.41. The van der Waals surface area contributed by atoms with E-state index < -0.39 is 0 Å². The molecule has 1 fully saturated rings. The molecule has 1 aliphatic carbocycles. The fraction of sp³-hybridized carbons (Fsp3) is 0.294. The molecular weight excluding hydrogens is 306 g/mol. The van der Waals surface area contributed by atoms with Crippen LogP contribution in [-0.4, -0.2) is 38.7 Å². The number of hydrogen-bond donors (Lipinski definition) is 1. The van der Waals surface area contributed by atoms with Gasteiger partial charge in [-0.15, -0.1) is 0 Å². The third kappa shape index (κ3) is 2.47. The van der Waals surface area contributed by atoms with Gasteiger partial charge in [0, 0.05) is 11.6 Å². The molecule has 1 saturated carbocycles. The van der Waals surface area contributed by atoms with Gasteiger partial charge in [-0.2, -0.15) is 5.10 Å². The Morgan fingerprint density at radius 2 is 2.17 bits per heavy atom. The van der Waals surface area contributed by atoms with E-state index in [1.54, 1.807) is 22.8 Å². The van der Waals surface area contributed by atoms with E-state index >= 15 is 0 Å². The van der Waals surface area contributed by atoms with Gasteiger partial charge < -0.3 is 10.1 Å². The van der Waals surface area contributed by atoms with Crippen LogP contribution in [0.25, 0.3) is 16.9 Å². The first kappa shape index (κ1) is 14.6. The van der Waals surface area contributed by atoms with E-state index in [0.717, 1.165) is 35.5 Å². The smallest absolute Gasteiger partial charge is 0.337 e. The van der Waals surface area contributed by atoms with Crippen LogP contribution >= 0.6 is 0 Å². The van der Waals surface area contributed by atoms with Gasteiger partial charge in [0.2, 0.25) is 0 Å². The van der Waals surface area contributed by atoms with Gasteiger partial charge in [-0.05, 0) is 37.5 Å². The third-order valence-electron chi connectivity index (χ3n) is 4.15. The summed E-state index contributed by atoms with van der Waals surface area (Å²) in [7, 11) is 1.38. The maximum Gasteiger partial charge on any atom is 0.337 e. The van der Waals surface area contributed by atoms with Crippen LogP contribution in [0.3, 0.4) is 0 Å². The second kappa shape index (κ2) is 5.59. The van der Waals surface area contributed by atoms with Crippen molar-refractivity contribution >= 4 is 17.4 Å². The van der Waals surface area contributed by atoms with Crippen molar-refractivity contribution in [1.29, 1.82) is 0 Å². The number of carbonyl (C=O) groups excluding carboxylic acids is 1. The number of methoxy groups -OCH3 is 1. The van der Waals surface area contributed by atoms with Gasteiger partial charge in [-0.25, -0.2) is 19.3 Å². The van der Waals surface area contributed by atoms with Crippen LogP contribution in [0.5, 0.6) is 0 Å². The monoisotopic (exact) mass is 323 g/mol. The Morgan fingerprint density at radius 3 is 2.88 bits per heavy atom. The SMILES string of the molecule is COC(=O)c1ccc(-c2cnc(NC3CC3)c3ncnn23)c(C)c1. The number of ether oxygens (including phenoxy) is 1. The first-order valence-corrected chi connectivity index (χ1v) is 7.82. The summed E-state index contributed by atoms with van der Waals surface area (Å²) in [5, 5.41) is 7.71. The Labute approximate surface area is 138 Å².